The van der Waals surface area contributed by atoms with Gasteiger partial charge in [-0.05, 0) is 78.4 Å². The minimum Gasteiger partial charge on any atom is -0.444 e. The molecule has 134 valence electrons. The number of anilines is 2. The Labute approximate surface area is 143 Å². The third kappa shape index (κ3) is 6.00. The first-order valence-corrected chi connectivity index (χ1v) is 8.47. The molecule has 0 aliphatic carbocycles. The first kappa shape index (κ1) is 18.5. The van der Waals surface area contributed by atoms with Crippen molar-refractivity contribution >= 4 is 17.5 Å². The van der Waals surface area contributed by atoms with Gasteiger partial charge >= 0.3 is 6.09 Å². The Morgan fingerprint density at radius 3 is 2.75 bits per heavy atom. The van der Waals surface area contributed by atoms with E-state index < -0.39 is 11.7 Å². The van der Waals surface area contributed by atoms with Crippen molar-refractivity contribution in [3.05, 3.63) is 24.0 Å². The molecule has 1 aromatic carbocycles. The van der Waals surface area contributed by atoms with E-state index in [0.717, 1.165) is 32.4 Å². The van der Waals surface area contributed by atoms with Crippen molar-refractivity contribution in [3.8, 4) is 0 Å². The summed E-state index contributed by atoms with van der Waals surface area (Å²) in [5.41, 5.74) is 0.356. The monoisotopic (exact) mass is 337 g/mol. The van der Waals surface area contributed by atoms with Gasteiger partial charge in [0.15, 0.2) is 0 Å². The maximum atomic E-state index is 14.1. The van der Waals surface area contributed by atoms with Crippen LogP contribution >= 0.6 is 0 Å². The number of carbonyl (C=O) groups excluding carboxylic acids is 1. The second-order valence-corrected chi connectivity index (χ2v) is 7.40. The first-order chi connectivity index (χ1) is 11.2. The van der Waals surface area contributed by atoms with Crippen molar-refractivity contribution in [2.24, 2.45) is 0 Å². The SMILES string of the molecule is CN1CCCC(Nc2cc(NC(=O)OC(C)(C)C)ccc2F)CC1. The molecule has 0 saturated carbocycles. The quantitative estimate of drug-likeness (QED) is 0.873. The highest BCUT2D eigenvalue weighted by molar-refractivity contribution is 5.85. The fraction of sp³-hybridized carbons (Fsp3) is 0.611. The Bertz CT molecular complexity index is 572. The average Bonchev–Trinajstić information content (AvgIpc) is 2.65. The predicted molar refractivity (Wildman–Crippen MR) is 95.0 cm³/mol. The second-order valence-electron chi connectivity index (χ2n) is 7.40. The molecule has 0 radical (unpaired) electrons. The summed E-state index contributed by atoms with van der Waals surface area (Å²) in [6.45, 7) is 7.46. The highest BCUT2D eigenvalue weighted by atomic mass is 19.1. The Hall–Kier alpha value is -1.82. The van der Waals surface area contributed by atoms with E-state index in [-0.39, 0.29) is 11.9 Å². The van der Waals surface area contributed by atoms with Gasteiger partial charge in [-0.2, -0.15) is 0 Å². The summed E-state index contributed by atoms with van der Waals surface area (Å²) in [5.74, 6) is -0.317. The number of nitrogens with zero attached hydrogens (tertiary/aromatic N) is 1. The molecule has 1 aliphatic rings. The molecule has 1 atom stereocenters. The molecule has 6 heteroatoms. The molecule has 2 N–H and O–H groups in total. The maximum absolute atomic E-state index is 14.1. The molecule has 1 amide bonds. The normalized spacial score (nSPS) is 19.5. The van der Waals surface area contributed by atoms with Crippen LogP contribution in [0.1, 0.15) is 40.0 Å². The number of rotatable bonds is 3. The lowest BCUT2D eigenvalue weighted by Crippen LogP contribution is -2.27. The van der Waals surface area contributed by atoms with E-state index in [2.05, 4.69) is 22.6 Å². The van der Waals surface area contributed by atoms with Gasteiger partial charge < -0.3 is 15.0 Å². The van der Waals surface area contributed by atoms with Crippen molar-refractivity contribution in [2.45, 2.75) is 51.7 Å². The predicted octanol–water partition coefficient (Wildman–Crippen LogP) is 4.07. The Morgan fingerprint density at radius 2 is 2.04 bits per heavy atom. The Morgan fingerprint density at radius 1 is 1.29 bits per heavy atom. The lowest BCUT2D eigenvalue weighted by molar-refractivity contribution is 0.0636. The van der Waals surface area contributed by atoms with Crippen LogP contribution in [-0.4, -0.2) is 42.8 Å². The number of hydrogen-bond acceptors (Lipinski definition) is 4. The molecule has 0 spiro atoms. The highest BCUT2D eigenvalue weighted by Crippen LogP contribution is 2.23. The van der Waals surface area contributed by atoms with Gasteiger partial charge in [0.05, 0.1) is 5.69 Å². The van der Waals surface area contributed by atoms with E-state index >= 15 is 0 Å². The number of benzene rings is 1. The topological polar surface area (TPSA) is 53.6 Å². The lowest BCUT2D eigenvalue weighted by atomic mass is 10.1. The number of amides is 1. The summed E-state index contributed by atoms with van der Waals surface area (Å²) in [7, 11) is 2.11. The number of halogens is 1. The van der Waals surface area contributed by atoms with E-state index in [0.29, 0.717) is 11.4 Å². The van der Waals surface area contributed by atoms with E-state index in [4.69, 9.17) is 4.74 Å². The van der Waals surface area contributed by atoms with Crippen molar-refractivity contribution in [3.63, 3.8) is 0 Å². The van der Waals surface area contributed by atoms with Gasteiger partial charge in [-0.15, -0.1) is 0 Å². The Kier molecular flexibility index (Phi) is 6.04. The molecule has 24 heavy (non-hydrogen) atoms. The van der Waals surface area contributed by atoms with Gasteiger partial charge in [0.1, 0.15) is 11.4 Å². The van der Waals surface area contributed by atoms with Crippen LogP contribution in [-0.2, 0) is 4.74 Å². The molecule has 0 bridgehead atoms. The molecule has 2 rings (SSSR count). The van der Waals surface area contributed by atoms with Gasteiger partial charge in [-0.3, -0.25) is 5.32 Å². The Balaban J connectivity index is 2.01. The summed E-state index contributed by atoms with van der Waals surface area (Å²) in [6.07, 6.45) is 2.52. The highest BCUT2D eigenvalue weighted by Gasteiger charge is 2.18. The molecule has 0 aromatic heterocycles. The summed E-state index contributed by atoms with van der Waals surface area (Å²) in [5, 5.41) is 5.92. The minimum absolute atomic E-state index is 0.237. The molecule has 1 saturated heterocycles. The van der Waals surface area contributed by atoms with E-state index in [1.165, 1.54) is 12.1 Å². The molecular weight excluding hydrogens is 309 g/mol. The molecule has 1 aromatic rings. The van der Waals surface area contributed by atoms with E-state index in [1.54, 1.807) is 26.8 Å². The van der Waals surface area contributed by atoms with Crippen LogP contribution in [0.25, 0.3) is 0 Å². The molecule has 1 aliphatic heterocycles. The molecule has 1 unspecified atom stereocenters. The molecule has 1 fully saturated rings. The van der Waals surface area contributed by atoms with Crippen molar-refractivity contribution in [2.75, 3.05) is 30.8 Å². The zero-order chi connectivity index (χ0) is 17.7. The van der Waals surface area contributed by atoms with Crippen molar-refractivity contribution in [1.29, 1.82) is 0 Å². The average molecular weight is 337 g/mol. The zero-order valence-corrected chi connectivity index (χ0v) is 15.0. The standard InChI is InChI=1S/C18H28FN3O2/c1-18(2,3)24-17(23)21-14-7-8-15(19)16(12-14)20-13-6-5-10-22(4)11-9-13/h7-8,12-13,20H,5-6,9-11H2,1-4H3,(H,21,23). The smallest absolute Gasteiger partial charge is 0.412 e. The van der Waals surface area contributed by atoms with Crippen molar-refractivity contribution < 1.29 is 13.9 Å². The van der Waals surface area contributed by atoms with Gasteiger partial charge in [-0.25, -0.2) is 9.18 Å². The fourth-order valence-electron chi connectivity index (χ4n) is 2.74. The van der Waals surface area contributed by atoms with Gasteiger partial charge in [0.2, 0.25) is 0 Å². The number of hydrogen-bond donors (Lipinski definition) is 2. The van der Waals surface area contributed by atoms with Gasteiger partial charge in [0, 0.05) is 11.7 Å². The third-order valence-electron chi connectivity index (χ3n) is 3.92. The van der Waals surface area contributed by atoms with Gasteiger partial charge in [0.25, 0.3) is 0 Å². The largest absolute Gasteiger partial charge is 0.444 e. The molecule has 5 nitrogen and oxygen atoms in total. The molecular formula is C18H28FN3O2. The van der Waals surface area contributed by atoms with Crippen LogP contribution in [0.15, 0.2) is 18.2 Å². The first-order valence-electron chi connectivity index (χ1n) is 8.47. The number of nitrogens with one attached hydrogen (secondary N) is 2. The van der Waals surface area contributed by atoms with Crippen LogP contribution in [0.2, 0.25) is 0 Å². The van der Waals surface area contributed by atoms with E-state index in [9.17, 15) is 9.18 Å². The minimum atomic E-state index is -0.572. The summed E-state index contributed by atoms with van der Waals surface area (Å²) < 4.78 is 19.3. The van der Waals surface area contributed by atoms with Gasteiger partial charge in [-0.1, -0.05) is 0 Å². The second kappa shape index (κ2) is 7.83. The summed E-state index contributed by atoms with van der Waals surface area (Å²) in [4.78, 5) is 14.1. The van der Waals surface area contributed by atoms with Crippen molar-refractivity contribution in [1.82, 2.24) is 4.90 Å². The number of carbonyl (C=O) groups is 1. The van der Waals surface area contributed by atoms with Crippen LogP contribution in [0.3, 0.4) is 0 Å². The van der Waals surface area contributed by atoms with Crippen LogP contribution in [0.5, 0.6) is 0 Å². The summed E-state index contributed by atoms with van der Waals surface area (Å²) in [6, 6.07) is 4.75. The maximum Gasteiger partial charge on any atom is 0.412 e. The number of ether oxygens (including phenoxy) is 1. The van der Waals surface area contributed by atoms with Crippen LogP contribution in [0, 0.1) is 5.82 Å². The lowest BCUT2D eigenvalue weighted by Gasteiger charge is -2.21. The van der Waals surface area contributed by atoms with Crippen LogP contribution < -0.4 is 10.6 Å². The summed E-state index contributed by atoms with van der Waals surface area (Å²) >= 11 is 0. The third-order valence-corrected chi connectivity index (χ3v) is 3.92. The fourth-order valence-corrected chi connectivity index (χ4v) is 2.74. The number of likely N-dealkylation sites (tertiary alicyclic amines) is 1. The zero-order valence-electron chi connectivity index (χ0n) is 15.0. The van der Waals surface area contributed by atoms with E-state index in [1.807, 2.05) is 0 Å². The van der Waals surface area contributed by atoms with Crippen LogP contribution in [0.4, 0.5) is 20.6 Å². The molecule has 1 heterocycles.